The molecule has 5 rings (SSSR count). The van der Waals surface area contributed by atoms with Crippen LogP contribution in [0.15, 0.2) is 102 Å². The Morgan fingerprint density at radius 1 is 1.00 bits per heavy atom. The number of fused-ring (bicyclic) bond motifs is 1. The lowest BCUT2D eigenvalue weighted by molar-refractivity contribution is -0.138. The van der Waals surface area contributed by atoms with Crippen LogP contribution >= 0.6 is 0 Å². The van der Waals surface area contributed by atoms with Gasteiger partial charge in [-0.3, -0.25) is 9.59 Å². The van der Waals surface area contributed by atoms with Gasteiger partial charge < -0.3 is 19.0 Å². The van der Waals surface area contributed by atoms with Crippen LogP contribution in [0.1, 0.15) is 52.2 Å². The summed E-state index contributed by atoms with van der Waals surface area (Å²) in [5.41, 5.74) is 4.24. The standard InChI is InChI=1S/C32H32N2O4/c1-3-28(31(35)33(2)22-23-11-6-4-7-12-23)38-26-17-16-24-18-19-34(32(36)29-15-10-20-37-29)30(27(24)21-26)25-13-8-5-9-14-25/h4-17,20-21,28,30H,3,18-19,22H2,1-2H3/t28-,30-/m0/s1. The van der Waals surface area contributed by atoms with Gasteiger partial charge in [-0.2, -0.15) is 0 Å². The molecule has 0 saturated carbocycles. The highest BCUT2D eigenvalue weighted by atomic mass is 16.5. The van der Waals surface area contributed by atoms with Crippen LogP contribution in [0, 0.1) is 0 Å². The van der Waals surface area contributed by atoms with E-state index in [1.165, 1.54) is 6.26 Å². The van der Waals surface area contributed by atoms with Crippen molar-refractivity contribution in [3.05, 3.63) is 125 Å². The van der Waals surface area contributed by atoms with E-state index in [0.29, 0.717) is 31.0 Å². The predicted octanol–water partition coefficient (Wildman–Crippen LogP) is 5.88. The molecule has 0 aliphatic carbocycles. The number of amides is 2. The molecule has 3 aromatic carbocycles. The molecule has 4 aromatic rings. The Morgan fingerprint density at radius 2 is 1.74 bits per heavy atom. The zero-order chi connectivity index (χ0) is 26.5. The number of nitrogens with zero attached hydrogens (tertiary/aromatic N) is 2. The van der Waals surface area contributed by atoms with Crippen molar-refractivity contribution in [2.45, 2.75) is 38.5 Å². The van der Waals surface area contributed by atoms with Crippen molar-refractivity contribution in [2.24, 2.45) is 0 Å². The first-order valence-corrected chi connectivity index (χ1v) is 13.0. The number of hydrogen-bond donors (Lipinski definition) is 0. The summed E-state index contributed by atoms with van der Waals surface area (Å²) >= 11 is 0. The minimum atomic E-state index is -0.610. The van der Waals surface area contributed by atoms with Crippen LogP contribution in [0.25, 0.3) is 0 Å². The molecular formula is C32H32N2O4. The summed E-state index contributed by atoms with van der Waals surface area (Å²) in [7, 11) is 1.80. The van der Waals surface area contributed by atoms with Crippen molar-refractivity contribution in [1.82, 2.24) is 9.80 Å². The number of rotatable bonds is 8. The number of likely N-dealkylation sites (N-methyl/N-ethyl adjacent to an activating group) is 1. The summed E-state index contributed by atoms with van der Waals surface area (Å²) in [6.07, 6.45) is 2.17. The normalized spacial score (nSPS) is 15.4. The van der Waals surface area contributed by atoms with Crippen LogP contribution in [0.5, 0.6) is 5.75 Å². The van der Waals surface area contributed by atoms with Crippen molar-refractivity contribution < 1.29 is 18.7 Å². The third-order valence-corrected chi connectivity index (χ3v) is 7.02. The molecule has 0 unspecified atom stereocenters. The highest BCUT2D eigenvalue weighted by Gasteiger charge is 2.34. The van der Waals surface area contributed by atoms with Crippen molar-refractivity contribution in [3.63, 3.8) is 0 Å². The molecule has 6 nitrogen and oxygen atoms in total. The molecule has 2 amide bonds. The Kier molecular flexibility index (Phi) is 7.59. The molecule has 0 saturated heterocycles. The minimum Gasteiger partial charge on any atom is -0.481 e. The number of ether oxygens (including phenoxy) is 1. The fraction of sp³-hybridized carbons (Fsp3) is 0.250. The van der Waals surface area contributed by atoms with Crippen molar-refractivity contribution in [2.75, 3.05) is 13.6 Å². The molecular weight excluding hydrogens is 476 g/mol. The van der Waals surface area contributed by atoms with Gasteiger partial charge in [0, 0.05) is 20.1 Å². The molecule has 0 spiro atoms. The molecule has 0 bridgehead atoms. The fourth-order valence-electron chi connectivity index (χ4n) is 5.08. The maximum atomic E-state index is 13.4. The topological polar surface area (TPSA) is 63.0 Å². The fourth-order valence-corrected chi connectivity index (χ4v) is 5.08. The zero-order valence-electron chi connectivity index (χ0n) is 21.7. The van der Waals surface area contributed by atoms with Crippen molar-refractivity contribution >= 4 is 11.8 Å². The van der Waals surface area contributed by atoms with Gasteiger partial charge in [-0.15, -0.1) is 0 Å². The van der Waals surface area contributed by atoms with Gasteiger partial charge >= 0.3 is 0 Å². The van der Waals surface area contributed by atoms with Crippen molar-refractivity contribution in [1.29, 1.82) is 0 Å². The van der Waals surface area contributed by atoms with E-state index in [2.05, 4.69) is 6.07 Å². The van der Waals surface area contributed by atoms with E-state index < -0.39 is 6.10 Å². The Hall–Kier alpha value is -4.32. The van der Waals surface area contributed by atoms with Gasteiger partial charge in [0.15, 0.2) is 11.9 Å². The van der Waals surface area contributed by atoms with Gasteiger partial charge in [-0.1, -0.05) is 73.7 Å². The summed E-state index contributed by atoms with van der Waals surface area (Å²) in [6.45, 7) is 3.05. The van der Waals surface area contributed by atoms with Crippen LogP contribution in [0.4, 0.5) is 0 Å². The molecule has 2 atom stereocenters. The van der Waals surface area contributed by atoms with Crippen LogP contribution < -0.4 is 4.74 Å². The van der Waals surface area contributed by atoms with Crippen LogP contribution in [0.3, 0.4) is 0 Å². The number of benzene rings is 3. The molecule has 1 aliphatic rings. The first kappa shape index (κ1) is 25.3. The van der Waals surface area contributed by atoms with Gasteiger partial charge in [0.1, 0.15) is 5.75 Å². The summed E-state index contributed by atoms with van der Waals surface area (Å²) in [5, 5.41) is 0. The quantitative estimate of drug-likeness (QED) is 0.298. The van der Waals surface area contributed by atoms with E-state index in [4.69, 9.17) is 9.15 Å². The molecule has 2 heterocycles. The Labute approximate surface area is 223 Å². The minimum absolute atomic E-state index is 0.0664. The van der Waals surface area contributed by atoms with Gasteiger partial charge in [0.05, 0.1) is 12.3 Å². The van der Waals surface area contributed by atoms with Crippen molar-refractivity contribution in [3.8, 4) is 5.75 Å². The molecule has 194 valence electrons. The molecule has 1 aliphatic heterocycles. The second-order valence-electron chi connectivity index (χ2n) is 9.59. The first-order chi connectivity index (χ1) is 18.5. The van der Waals surface area contributed by atoms with E-state index >= 15 is 0 Å². The monoisotopic (exact) mass is 508 g/mol. The molecule has 1 aromatic heterocycles. The average Bonchev–Trinajstić information content (AvgIpc) is 3.50. The number of hydrogen-bond acceptors (Lipinski definition) is 4. The summed E-state index contributed by atoms with van der Waals surface area (Å²) in [6, 6.07) is 29.0. The van der Waals surface area contributed by atoms with E-state index in [0.717, 1.165) is 28.7 Å². The maximum Gasteiger partial charge on any atom is 0.290 e. The van der Waals surface area contributed by atoms with E-state index in [9.17, 15) is 9.59 Å². The Balaban J connectivity index is 1.42. The lowest BCUT2D eigenvalue weighted by Gasteiger charge is -2.37. The van der Waals surface area contributed by atoms with Crippen LogP contribution in [-0.4, -0.2) is 41.3 Å². The molecule has 0 fully saturated rings. The lowest BCUT2D eigenvalue weighted by atomic mass is 9.87. The second kappa shape index (κ2) is 11.4. The third kappa shape index (κ3) is 5.35. The second-order valence-corrected chi connectivity index (χ2v) is 9.59. The van der Waals surface area contributed by atoms with Gasteiger partial charge in [-0.25, -0.2) is 0 Å². The summed E-state index contributed by atoms with van der Waals surface area (Å²) < 4.78 is 11.7. The number of carbonyl (C=O) groups is 2. The SMILES string of the molecule is CC[C@H](Oc1ccc2c(c1)[C@H](c1ccccc1)N(C(=O)c1ccco1)CC2)C(=O)N(C)Cc1ccccc1. The number of carbonyl (C=O) groups excluding carboxylic acids is 2. The first-order valence-electron chi connectivity index (χ1n) is 13.0. The van der Waals surface area contributed by atoms with Crippen LogP contribution in [0.2, 0.25) is 0 Å². The number of furan rings is 1. The zero-order valence-corrected chi connectivity index (χ0v) is 21.7. The predicted molar refractivity (Wildman–Crippen MR) is 146 cm³/mol. The van der Waals surface area contributed by atoms with Gasteiger partial charge in [0.2, 0.25) is 0 Å². The van der Waals surface area contributed by atoms with Gasteiger partial charge in [-0.05, 0) is 59.4 Å². The molecule has 38 heavy (non-hydrogen) atoms. The van der Waals surface area contributed by atoms with E-state index in [1.54, 1.807) is 24.1 Å². The Bertz CT molecular complexity index is 1370. The summed E-state index contributed by atoms with van der Waals surface area (Å²) in [4.78, 5) is 30.3. The third-order valence-electron chi connectivity index (χ3n) is 7.02. The highest BCUT2D eigenvalue weighted by Crippen LogP contribution is 2.38. The smallest absolute Gasteiger partial charge is 0.290 e. The molecule has 0 radical (unpaired) electrons. The van der Waals surface area contributed by atoms with E-state index in [-0.39, 0.29) is 17.9 Å². The largest absolute Gasteiger partial charge is 0.481 e. The molecule has 6 heteroatoms. The van der Waals surface area contributed by atoms with Crippen LogP contribution in [-0.2, 0) is 17.8 Å². The summed E-state index contributed by atoms with van der Waals surface area (Å²) in [5.74, 6) is 0.721. The lowest BCUT2D eigenvalue weighted by Crippen LogP contribution is -2.41. The average molecular weight is 509 g/mol. The van der Waals surface area contributed by atoms with E-state index in [1.807, 2.05) is 84.6 Å². The Morgan fingerprint density at radius 3 is 2.42 bits per heavy atom. The molecule has 0 N–H and O–H groups in total. The highest BCUT2D eigenvalue weighted by molar-refractivity contribution is 5.92. The van der Waals surface area contributed by atoms with Gasteiger partial charge in [0.25, 0.3) is 11.8 Å². The maximum absolute atomic E-state index is 13.4.